The summed E-state index contributed by atoms with van der Waals surface area (Å²) in [7, 11) is 1.53. The van der Waals surface area contributed by atoms with Gasteiger partial charge in [-0.1, -0.05) is 6.07 Å². The molecular formula is C20H19N5O5. The van der Waals surface area contributed by atoms with Crippen molar-refractivity contribution in [3.05, 3.63) is 70.5 Å². The van der Waals surface area contributed by atoms with Crippen LogP contribution in [-0.2, 0) is 4.74 Å². The van der Waals surface area contributed by atoms with Gasteiger partial charge in [-0.05, 0) is 43.3 Å². The van der Waals surface area contributed by atoms with Crippen LogP contribution in [0.2, 0.25) is 0 Å². The molecular weight excluding hydrogens is 390 g/mol. The van der Waals surface area contributed by atoms with Crippen molar-refractivity contribution in [2.75, 3.05) is 24.4 Å². The lowest BCUT2D eigenvalue weighted by molar-refractivity contribution is -0.383. The molecule has 154 valence electrons. The van der Waals surface area contributed by atoms with Crippen LogP contribution in [0.25, 0.3) is 0 Å². The van der Waals surface area contributed by atoms with Crippen molar-refractivity contribution in [2.24, 2.45) is 0 Å². The third-order valence-corrected chi connectivity index (χ3v) is 4.00. The highest BCUT2D eigenvalue weighted by molar-refractivity contribution is 5.90. The Balaban J connectivity index is 1.87. The first-order chi connectivity index (χ1) is 14.5. The second kappa shape index (κ2) is 9.32. The van der Waals surface area contributed by atoms with Crippen molar-refractivity contribution < 1.29 is 19.2 Å². The lowest BCUT2D eigenvalue weighted by atomic mass is 10.2. The number of carbonyl (C=O) groups is 1. The van der Waals surface area contributed by atoms with Crippen molar-refractivity contribution in [1.82, 2.24) is 9.97 Å². The van der Waals surface area contributed by atoms with Gasteiger partial charge in [-0.2, -0.15) is 0 Å². The third kappa shape index (κ3) is 4.79. The molecule has 0 saturated carbocycles. The lowest BCUT2D eigenvalue weighted by Crippen LogP contribution is -2.06. The number of methoxy groups -OCH3 is 1. The second-order valence-electron chi connectivity index (χ2n) is 5.96. The minimum Gasteiger partial charge on any atom is -0.497 e. The summed E-state index contributed by atoms with van der Waals surface area (Å²) in [4.78, 5) is 30.9. The number of esters is 1. The van der Waals surface area contributed by atoms with Crippen molar-refractivity contribution in [3.63, 3.8) is 0 Å². The van der Waals surface area contributed by atoms with Crippen molar-refractivity contribution >= 4 is 34.7 Å². The summed E-state index contributed by atoms with van der Waals surface area (Å²) in [5.41, 5.74) is 1.13. The normalized spacial score (nSPS) is 10.2. The highest BCUT2D eigenvalue weighted by Crippen LogP contribution is 2.33. The molecule has 0 aliphatic heterocycles. The summed E-state index contributed by atoms with van der Waals surface area (Å²) >= 11 is 0. The van der Waals surface area contributed by atoms with Crippen LogP contribution < -0.4 is 15.4 Å². The summed E-state index contributed by atoms with van der Waals surface area (Å²) in [5.74, 6) is 0.178. The molecule has 0 atom stereocenters. The Hall–Kier alpha value is -4.21. The monoisotopic (exact) mass is 409 g/mol. The molecule has 0 aliphatic carbocycles. The molecule has 0 aliphatic rings. The molecule has 0 amide bonds. The van der Waals surface area contributed by atoms with E-state index in [1.54, 1.807) is 55.5 Å². The van der Waals surface area contributed by atoms with Gasteiger partial charge < -0.3 is 20.1 Å². The van der Waals surface area contributed by atoms with Gasteiger partial charge in [-0.25, -0.2) is 14.8 Å². The number of ether oxygens (including phenoxy) is 2. The topological polar surface area (TPSA) is 129 Å². The van der Waals surface area contributed by atoms with Gasteiger partial charge in [0.2, 0.25) is 11.6 Å². The number of rotatable bonds is 8. The number of nitrogens with one attached hydrogen (secondary N) is 2. The van der Waals surface area contributed by atoms with E-state index in [-0.39, 0.29) is 23.9 Å². The van der Waals surface area contributed by atoms with Crippen molar-refractivity contribution in [1.29, 1.82) is 0 Å². The van der Waals surface area contributed by atoms with E-state index in [1.165, 1.54) is 13.4 Å². The molecule has 1 aromatic heterocycles. The zero-order valence-corrected chi connectivity index (χ0v) is 16.3. The van der Waals surface area contributed by atoms with Crippen LogP contribution in [0, 0.1) is 10.1 Å². The molecule has 0 spiro atoms. The van der Waals surface area contributed by atoms with E-state index < -0.39 is 10.9 Å². The molecule has 0 unspecified atom stereocenters. The number of benzene rings is 2. The summed E-state index contributed by atoms with van der Waals surface area (Å²) in [5, 5.41) is 17.5. The van der Waals surface area contributed by atoms with E-state index in [0.29, 0.717) is 22.7 Å². The van der Waals surface area contributed by atoms with Crippen LogP contribution in [-0.4, -0.2) is 34.6 Å². The first kappa shape index (κ1) is 20.5. The summed E-state index contributed by atoms with van der Waals surface area (Å²) in [6, 6.07) is 13.2. The standard InChI is InChI=1S/C20H19N5O5/c1-3-30-20(26)13-7-9-14(10-8-13)23-18-17(25(27)28)19(22-12-21-18)24-15-5-4-6-16(11-15)29-2/h4-12H,3H2,1-2H3,(H2,21,22,23,24). The molecule has 1 heterocycles. The maximum absolute atomic E-state index is 11.8. The largest absolute Gasteiger partial charge is 0.497 e. The molecule has 0 radical (unpaired) electrons. The molecule has 3 aromatic rings. The average molecular weight is 409 g/mol. The van der Waals surface area contributed by atoms with E-state index in [4.69, 9.17) is 9.47 Å². The number of hydrogen-bond acceptors (Lipinski definition) is 9. The van der Waals surface area contributed by atoms with E-state index in [0.717, 1.165) is 0 Å². The summed E-state index contributed by atoms with van der Waals surface area (Å²) in [6.45, 7) is 1.99. The summed E-state index contributed by atoms with van der Waals surface area (Å²) < 4.78 is 10.1. The van der Waals surface area contributed by atoms with E-state index in [1.807, 2.05) is 0 Å². The lowest BCUT2D eigenvalue weighted by Gasteiger charge is -2.11. The molecule has 0 saturated heterocycles. The Kier molecular flexibility index (Phi) is 6.38. The van der Waals surface area contributed by atoms with Gasteiger partial charge >= 0.3 is 11.7 Å². The van der Waals surface area contributed by atoms with Crippen LogP contribution in [0.4, 0.5) is 28.7 Å². The first-order valence-electron chi connectivity index (χ1n) is 8.96. The Morgan fingerprint density at radius 1 is 1.07 bits per heavy atom. The zero-order chi connectivity index (χ0) is 21.5. The fourth-order valence-corrected chi connectivity index (χ4v) is 2.61. The van der Waals surface area contributed by atoms with Gasteiger partial charge in [0.25, 0.3) is 0 Å². The molecule has 0 fully saturated rings. The van der Waals surface area contributed by atoms with Gasteiger partial charge in [0.05, 0.1) is 24.2 Å². The van der Waals surface area contributed by atoms with Crippen LogP contribution >= 0.6 is 0 Å². The Bertz CT molecular complexity index is 1060. The number of nitro groups is 1. The molecule has 2 N–H and O–H groups in total. The molecule has 0 bridgehead atoms. The molecule has 2 aromatic carbocycles. The predicted octanol–water partition coefficient (Wildman–Crippen LogP) is 4.06. The van der Waals surface area contributed by atoms with Crippen molar-refractivity contribution in [3.8, 4) is 5.75 Å². The van der Waals surface area contributed by atoms with Crippen LogP contribution in [0.15, 0.2) is 54.9 Å². The Labute approximate surface area is 172 Å². The van der Waals surface area contributed by atoms with Crippen LogP contribution in [0.3, 0.4) is 0 Å². The van der Waals surface area contributed by atoms with Gasteiger partial charge in [-0.15, -0.1) is 0 Å². The predicted molar refractivity (Wildman–Crippen MR) is 111 cm³/mol. The van der Waals surface area contributed by atoms with E-state index >= 15 is 0 Å². The summed E-state index contributed by atoms with van der Waals surface area (Å²) in [6.07, 6.45) is 1.21. The van der Waals surface area contributed by atoms with E-state index in [9.17, 15) is 14.9 Å². The quantitative estimate of drug-likeness (QED) is 0.321. The highest BCUT2D eigenvalue weighted by atomic mass is 16.6. The van der Waals surface area contributed by atoms with Gasteiger partial charge in [0, 0.05) is 17.4 Å². The zero-order valence-electron chi connectivity index (χ0n) is 16.3. The molecule has 30 heavy (non-hydrogen) atoms. The fraction of sp³-hybridized carbons (Fsp3) is 0.150. The maximum atomic E-state index is 11.8. The maximum Gasteiger partial charge on any atom is 0.353 e. The van der Waals surface area contributed by atoms with Crippen molar-refractivity contribution in [2.45, 2.75) is 6.92 Å². The van der Waals surface area contributed by atoms with Gasteiger partial charge in [0.1, 0.15) is 12.1 Å². The fourth-order valence-electron chi connectivity index (χ4n) is 2.61. The number of hydrogen-bond donors (Lipinski definition) is 2. The highest BCUT2D eigenvalue weighted by Gasteiger charge is 2.23. The van der Waals surface area contributed by atoms with Gasteiger partial charge in [0.15, 0.2) is 0 Å². The minimum absolute atomic E-state index is 0.00396. The molecule has 10 heteroatoms. The van der Waals surface area contributed by atoms with E-state index in [2.05, 4.69) is 20.6 Å². The Morgan fingerprint density at radius 2 is 1.73 bits per heavy atom. The number of carbonyl (C=O) groups excluding carboxylic acids is 1. The smallest absolute Gasteiger partial charge is 0.353 e. The van der Waals surface area contributed by atoms with Crippen LogP contribution in [0.1, 0.15) is 17.3 Å². The van der Waals surface area contributed by atoms with Crippen LogP contribution in [0.5, 0.6) is 5.75 Å². The third-order valence-electron chi connectivity index (χ3n) is 4.00. The SMILES string of the molecule is CCOC(=O)c1ccc(Nc2ncnc(Nc3cccc(OC)c3)c2[N+](=O)[O-])cc1. The Morgan fingerprint density at radius 3 is 2.33 bits per heavy atom. The minimum atomic E-state index is -0.572. The average Bonchev–Trinajstić information content (AvgIpc) is 2.74. The first-order valence-corrected chi connectivity index (χ1v) is 8.96. The molecule has 10 nitrogen and oxygen atoms in total. The number of anilines is 4. The molecule has 3 rings (SSSR count). The number of aromatic nitrogens is 2. The van der Waals surface area contributed by atoms with Gasteiger partial charge in [-0.3, -0.25) is 10.1 Å². The second-order valence-corrected chi connectivity index (χ2v) is 5.96. The number of nitrogens with zero attached hydrogens (tertiary/aromatic N) is 3.